The molecule has 0 radical (unpaired) electrons. The number of hydrogen-bond acceptors (Lipinski definition) is 8. The summed E-state index contributed by atoms with van der Waals surface area (Å²) in [4.78, 5) is 9.14. The van der Waals surface area contributed by atoms with Crippen LogP contribution < -0.4 is 5.73 Å². The van der Waals surface area contributed by atoms with Gasteiger partial charge in [-0.3, -0.25) is 0 Å². The summed E-state index contributed by atoms with van der Waals surface area (Å²) in [7, 11) is 0. The second-order valence-electron chi connectivity index (χ2n) is 6.67. The average molecular weight is 409 g/mol. The number of thiophene rings is 1. The summed E-state index contributed by atoms with van der Waals surface area (Å²) in [5.41, 5.74) is 7.51. The van der Waals surface area contributed by atoms with E-state index in [4.69, 9.17) is 26.8 Å². The number of nitrogen functional groups attached to an aromatic ring is 1. The lowest BCUT2D eigenvalue weighted by atomic mass is 9.99. The van der Waals surface area contributed by atoms with Crippen molar-refractivity contribution in [2.75, 3.05) is 12.3 Å². The third-order valence-corrected chi connectivity index (χ3v) is 6.49. The maximum absolute atomic E-state index is 10.7. The Balaban J connectivity index is 1.50. The van der Waals surface area contributed by atoms with Crippen molar-refractivity contribution in [2.45, 2.75) is 37.1 Å². The molecule has 1 saturated heterocycles. The predicted octanol–water partition coefficient (Wildman–Crippen LogP) is 1.66. The van der Waals surface area contributed by atoms with Gasteiger partial charge in [0.1, 0.15) is 42.2 Å². The lowest BCUT2D eigenvalue weighted by Crippen LogP contribution is -2.37. The Hall–Kier alpha value is -1.75. The molecule has 3 aromatic rings. The molecule has 0 spiro atoms. The quantitative estimate of drug-likeness (QED) is 0.590. The van der Waals surface area contributed by atoms with Crippen LogP contribution in [0.4, 0.5) is 5.82 Å². The van der Waals surface area contributed by atoms with Gasteiger partial charge in [0.15, 0.2) is 6.23 Å². The highest BCUT2D eigenvalue weighted by Crippen LogP contribution is 2.44. The van der Waals surface area contributed by atoms with E-state index in [9.17, 15) is 10.2 Å². The number of nitrogens with two attached hydrogens (primary N) is 1. The monoisotopic (exact) mass is 408 g/mol. The zero-order chi connectivity index (χ0) is 18.7. The van der Waals surface area contributed by atoms with E-state index in [0.717, 1.165) is 16.9 Å². The lowest BCUT2D eigenvalue weighted by molar-refractivity contribution is -0.112. The fourth-order valence-corrected chi connectivity index (χ4v) is 5.22. The molecule has 142 valence electrons. The molecule has 3 aromatic heterocycles. The number of halogens is 1. The van der Waals surface area contributed by atoms with E-state index in [-0.39, 0.29) is 0 Å². The van der Waals surface area contributed by atoms with Gasteiger partial charge in [-0.2, -0.15) is 0 Å². The smallest absolute Gasteiger partial charge is 0.164 e. The van der Waals surface area contributed by atoms with Gasteiger partial charge in [0.25, 0.3) is 0 Å². The van der Waals surface area contributed by atoms with Gasteiger partial charge >= 0.3 is 0 Å². The molecule has 0 amide bonds. The summed E-state index contributed by atoms with van der Waals surface area (Å²) in [5.74, 6) is 0.344. The molecular weight excluding hydrogens is 392 g/mol. The first kappa shape index (κ1) is 17.4. The molecular formula is C17H17ClN4O4S. The SMILES string of the molecule is Nc1ncnc2c1ccn2[C@@H]1O[C@H](C2OCCc3cc(Cl)sc32)[C@@H](O)[C@H]1O. The van der Waals surface area contributed by atoms with Gasteiger partial charge in [-0.25, -0.2) is 9.97 Å². The standard InChI is InChI=1S/C17H17ClN4O4S/c18-9-5-7-2-4-25-13(14(7)27-9)12-10(23)11(24)17(26-12)22-3-1-8-15(19)20-6-21-16(8)22/h1,3,5-6,10-13,17,23-24H,2,4H2,(H2,19,20,21)/t10-,11+,12-,13?,17+/m0/s1. The highest BCUT2D eigenvalue weighted by atomic mass is 35.5. The maximum Gasteiger partial charge on any atom is 0.164 e. The predicted molar refractivity (Wildman–Crippen MR) is 99.6 cm³/mol. The third kappa shape index (κ3) is 2.65. The molecule has 10 heteroatoms. The first-order valence-corrected chi connectivity index (χ1v) is 9.72. The van der Waals surface area contributed by atoms with Crippen molar-refractivity contribution in [3.05, 3.63) is 39.4 Å². The van der Waals surface area contributed by atoms with Crippen LogP contribution in [0.2, 0.25) is 4.34 Å². The van der Waals surface area contributed by atoms with E-state index in [1.165, 1.54) is 17.7 Å². The largest absolute Gasteiger partial charge is 0.387 e. The minimum absolute atomic E-state index is 0.344. The van der Waals surface area contributed by atoms with E-state index in [2.05, 4.69) is 9.97 Å². The number of ether oxygens (including phenoxy) is 2. The molecule has 0 bridgehead atoms. The molecule has 5 rings (SSSR count). The van der Waals surface area contributed by atoms with Crippen molar-refractivity contribution in [1.82, 2.24) is 14.5 Å². The van der Waals surface area contributed by atoms with Gasteiger partial charge < -0.3 is 30.0 Å². The number of aromatic nitrogens is 3. The molecule has 1 unspecified atom stereocenters. The molecule has 2 aliphatic rings. The van der Waals surface area contributed by atoms with E-state index in [1.54, 1.807) is 16.8 Å². The normalized spacial score (nSPS) is 30.7. The van der Waals surface area contributed by atoms with Crippen molar-refractivity contribution >= 4 is 39.8 Å². The van der Waals surface area contributed by atoms with Crippen LogP contribution in [0.5, 0.6) is 0 Å². The minimum atomic E-state index is -1.15. The summed E-state index contributed by atoms with van der Waals surface area (Å²) >= 11 is 7.57. The maximum atomic E-state index is 10.7. The Morgan fingerprint density at radius 2 is 2.15 bits per heavy atom. The first-order valence-electron chi connectivity index (χ1n) is 8.53. The van der Waals surface area contributed by atoms with Crippen LogP contribution in [0.25, 0.3) is 11.0 Å². The first-order chi connectivity index (χ1) is 13.0. The average Bonchev–Trinajstić information content (AvgIpc) is 3.32. The van der Waals surface area contributed by atoms with Crippen molar-refractivity contribution in [3.8, 4) is 0 Å². The second-order valence-corrected chi connectivity index (χ2v) is 8.39. The second kappa shape index (κ2) is 6.40. The zero-order valence-electron chi connectivity index (χ0n) is 14.0. The van der Waals surface area contributed by atoms with Crippen LogP contribution in [0.1, 0.15) is 22.8 Å². The van der Waals surface area contributed by atoms with Gasteiger partial charge in [0, 0.05) is 11.1 Å². The third-order valence-electron chi connectivity index (χ3n) is 5.13. The summed E-state index contributed by atoms with van der Waals surface area (Å²) in [5, 5.41) is 22.0. The van der Waals surface area contributed by atoms with Gasteiger partial charge in [0.2, 0.25) is 0 Å². The lowest BCUT2D eigenvalue weighted by Gasteiger charge is -2.29. The molecule has 0 aromatic carbocycles. The van der Waals surface area contributed by atoms with Crippen LogP contribution in [-0.4, -0.2) is 49.7 Å². The Morgan fingerprint density at radius 1 is 1.30 bits per heavy atom. The zero-order valence-corrected chi connectivity index (χ0v) is 15.6. The van der Waals surface area contributed by atoms with Crippen molar-refractivity contribution in [1.29, 1.82) is 0 Å². The number of anilines is 1. The molecule has 2 aliphatic heterocycles. The van der Waals surface area contributed by atoms with Crippen LogP contribution in [0.3, 0.4) is 0 Å². The van der Waals surface area contributed by atoms with Gasteiger partial charge in [-0.15, -0.1) is 11.3 Å². The molecule has 27 heavy (non-hydrogen) atoms. The summed E-state index contributed by atoms with van der Waals surface area (Å²) in [6.07, 6.45) is -0.460. The van der Waals surface area contributed by atoms with Crippen LogP contribution >= 0.6 is 22.9 Å². The summed E-state index contributed by atoms with van der Waals surface area (Å²) < 4.78 is 14.3. The number of aliphatic hydroxyl groups is 2. The number of fused-ring (bicyclic) bond motifs is 2. The number of hydrogen-bond donors (Lipinski definition) is 3. The Labute approximate surface area is 163 Å². The van der Waals surface area contributed by atoms with Crippen molar-refractivity contribution in [2.24, 2.45) is 0 Å². The van der Waals surface area contributed by atoms with E-state index < -0.39 is 30.6 Å². The van der Waals surface area contributed by atoms with E-state index >= 15 is 0 Å². The van der Waals surface area contributed by atoms with Crippen LogP contribution in [0, 0.1) is 0 Å². The van der Waals surface area contributed by atoms with Gasteiger partial charge in [-0.05, 0) is 24.1 Å². The number of rotatable bonds is 2. The Kier molecular flexibility index (Phi) is 4.12. The molecule has 5 atom stereocenters. The highest BCUT2D eigenvalue weighted by molar-refractivity contribution is 7.16. The van der Waals surface area contributed by atoms with E-state index in [0.29, 0.717) is 27.8 Å². The van der Waals surface area contributed by atoms with Crippen molar-refractivity contribution in [3.63, 3.8) is 0 Å². The fraction of sp³-hybridized carbons (Fsp3) is 0.412. The number of nitrogens with zero attached hydrogens (tertiary/aromatic N) is 3. The van der Waals surface area contributed by atoms with Crippen LogP contribution in [0.15, 0.2) is 24.7 Å². The van der Waals surface area contributed by atoms with Gasteiger partial charge in [-0.1, -0.05) is 11.6 Å². The summed E-state index contributed by atoms with van der Waals surface area (Å²) in [6, 6.07) is 3.68. The van der Waals surface area contributed by atoms with Gasteiger partial charge in [0.05, 0.1) is 16.3 Å². The molecule has 8 nitrogen and oxygen atoms in total. The van der Waals surface area contributed by atoms with E-state index in [1.807, 2.05) is 6.07 Å². The molecule has 0 saturated carbocycles. The van der Waals surface area contributed by atoms with Crippen molar-refractivity contribution < 1.29 is 19.7 Å². The molecule has 4 N–H and O–H groups in total. The minimum Gasteiger partial charge on any atom is -0.387 e. The Bertz CT molecular complexity index is 1010. The van der Waals surface area contributed by atoms with Crippen LogP contribution in [-0.2, 0) is 15.9 Å². The summed E-state index contributed by atoms with van der Waals surface area (Å²) in [6.45, 7) is 0.508. The fourth-order valence-electron chi connectivity index (χ4n) is 3.82. The molecule has 0 aliphatic carbocycles. The molecule has 5 heterocycles. The molecule has 1 fully saturated rings. The Morgan fingerprint density at radius 3 is 3.00 bits per heavy atom. The highest BCUT2D eigenvalue weighted by Gasteiger charge is 2.49. The topological polar surface area (TPSA) is 116 Å². The number of aliphatic hydroxyl groups excluding tert-OH is 2.